The van der Waals surface area contributed by atoms with Gasteiger partial charge in [-0.3, -0.25) is 9.63 Å². The fraction of sp³-hybridized carbons (Fsp3) is 0.600. The van der Waals surface area contributed by atoms with Gasteiger partial charge in [0.15, 0.2) is 0 Å². The van der Waals surface area contributed by atoms with Crippen LogP contribution in [-0.4, -0.2) is 35.9 Å². The minimum atomic E-state index is -3.69. The number of hydrogen-bond donors (Lipinski definition) is 2. The number of hydrogen-bond acceptors (Lipinski definition) is 6. The van der Waals surface area contributed by atoms with Crippen molar-refractivity contribution in [1.82, 2.24) is 20.0 Å². The lowest BCUT2D eigenvalue weighted by Crippen LogP contribution is -2.34. The number of rotatable bonds is 6. The van der Waals surface area contributed by atoms with Gasteiger partial charge in [-0.25, -0.2) is 17.8 Å². The fourth-order valence-electron chi connectivity index (χ4n) is 3.69. The molecule has 1 aromatic heterocycles. The Kier molecular flexibility index (Phi) is 5.05. The lowest BCUT2D eigenvalue weighted by atomic mass is 10.0. The van der Waals surface area contributed by atoms with Gasteiger partial charge >= 0.3 is 0 Å². The number of fused-ring (bicyclic) bond motifs is 1. The number of nitrogens with one attached hydrogen (secondary N) is 2. The van der Waals surface area contributed by atoms with Gasteiger partial charge < -0.3 is 0 Å². The SMILES string of the molecule is CC1CC(Cn2nc(C(C)C)c3ccc(S(=O)(=O)NC4(C)CC4)cc3c2=O)ON1. The Hall–Kier alpha value is -1.81. The minimum Gasteiger partial charge on any atom is -0.296 e. The second-order valence-corrected chi connectivity index (χ2v) is 10.6. The average molecular weight is 421 g/mol. The van der Waals surface area contributed by atoms with E-state index < -0.39 is 10.0 Å². The van der Waals surface area contributed by atoms with Crippen LogP contribution in [0.4, 0.5) is 0 Å². The summed E-state index contributed by atoms with van der Waals surface area (Å²) < 4.78 is 29.7. The molecule has 2 aliphatic rings. The van der Waals surface area contributed by atoms with Gasteiger partial charge in [-0.1, -0.05) is 19.9 Å². The van der Waals surface area contributed by atoms with E-state index in [0.29, 0.717) is 17.3 Å². The fourth-order valence-corrected chi connectivity index (χ4v) is 5.18. The van der Waals surface area contributed by atoms with Gasteiger partial charge in [0.2, 0.25) is 10.0 Å². The Balaban J connectivity index is 1.79. The monoisotopic (exact) mass is 420 g/mol. The third-order valence-electron chi connectivity index (χ3n) is 5.63. The molecule has 8 nitrogen and oxygen atoms in total. The van der Waals surface area contributed by atoms with Gasteiger partial charge in [0, 0.05) is 17.0 Å². The maximum atomic E-state index is 13.2. The van der Waals surface area contributed by atoms with E-state index >= 15 is 0 Å². The highest BCUT2D eigenvalue weighted by atomic mass is 32.2. The number of hydroxylamine groups is 1. The van der Waals surface area contributed by atoms with E-state index in [0.717, 1.165) is 25.0 Å². The van der Waals surface area contributed by atoms with Gasteiger partial charge in [0.25, 0.3) is 5.56 Å². The van der Waals surface area contributed by atoms with E-state index in [-0.39, 0.29) is 34.1 Å². The normalized spacial score (nSPS) is 23.8. The number of sulfonamides is 1. The quantitative estimate of drug-likeness (QED) is 0.741. The average Bonchev–Trinajstić information content (AvgIpc) is 3.21. The lowest BCUT2D eigenvalue weighted by molar-refractivity contribution is 0.0165. The predicted molar refractivity (Wildman–Crippen MR) is 110 cm³/mol. The molecule has 1 aliphatic heterocycles. The second kappa shape index (κ2) is 7.16. The summed E-state index contributed by atoms with van der Waals surface area (Å²) in [7, 11) is -3.69. The van der Waals surface area contributed by atoms with Crippen molar-refractivity contribution in [3.8, 4) is 0 Å². The zero-order chi connectivity index (χ0) is 21.0. The van der Waals surface area contributed by atoms with Crippen LogP contribution in [0.1, 0.15) is 58.6 Å². The molecule has 2 heterocycles. The molecule has 2 fully saturated rings. The highest BCUT2D eigenvalue weighted by molar-refractivity contribution is 7.89. The van der Waals surface area contributed by atoms with Crippen LogP contribution in [0.5, 0.6) is 0 Å². The van der Waals surface area contributed by atoms with Gasteiger partial charge in [0.05, 0.1) is 22.5 Å². The van der Waals surface area contributed by atoms with Crippen molar-refractivity contribution in [2.45, 2.75) is 82.0 Å². The molecule has 2 unspecified atom stereocenters. The summed E-state index contributed by atoms with van der Waals surface area (Å²) in [5.41, 5.74) is 3.00. The van der Waals surface area contributed by atoms with E-state index in [1.54, 1.807) is 12.1 Å². The Morgan fingerprint density at radius 1 is 1.34 bits per heavy atom. The topological polar surface area (TPSA) is 102 Å². The maximum absolute atomic E-state index is 13.2. The Labute approximate surface area is 170 Å². The Morgan fingerprint density at radius 2 is 2.07 bits per heavy atom. The molecule has 2 N–H and O–H groups in total. The van der Waals surface area contributed by atoms with Gasteiger partial charge in [-0.05, 0) is 51.2 Å². The van der Waals surface area contributed by atoms with Crippen LogP contribution in [0, 0.1) is 0 Å². The molecule has 29 heavy (non-hydrogen) atoms. The first-order valence-corrected chi connectivity index (χ1v) is 11.6. The first-order chi connectivity index (χ1) is 13.6. The third kappa shape index (κ3) is 4.09. The largest absolute Gasteiger partial charge is 0.296 e. The second-order valence-electron chi connectivity index (χ2n) is 8.90. The Bertz CT molecular complexity index is 1110. The minimum absolute atomic E-state index is 0.0804. The molecule has 1 saturated carbocycles. The summed E-state index contributed by atoms with van der Waals surface area (Å²) >= 11 is 0. The summed E-state index contributed by atoms with van der Waals surface area (Å²) in [5, 5.41) is 5.64. The molecule has 0 radical (unpaired) electrons. The van der Waals surface area contributed by atoms with E-state index in [9.17, 15) is 13.2 Å². The molecule has 2 aromatic rings. The molecule has 1 aromatic carbocycles. The van der Waals surface area contributed by atoms with Crippen molar-refractivity contribution >= 4 is 20.8 Å². The molecule has 0 amide bonds. The zero-order valence-electron chi connectivity index (χ0n) is 17.2. The van der Waals surface area contributed by atoms with E-state index in [4.69, 9.17) is 4.84 Å². The molecular weight excluding hydrogens is 392 g/mol. The molecule has 1 aliphatic carbocycles. The molecule has 158 valence electrons. The molecule has 2 atom stereocenters. The Morgan fingerprint density at radius 3 is 2.66 bits per heavy atom. The summed E-state index contributed by atoms with van der Waals surface area (Å²) in [6.45, 7) is 8.23. The third-order valence-corrected chi connectivity index (χ3v) is 7.26. The van der Waals surface area contributed by atoms with Crippen LogP contribution in [-0.2, 0) is 21.4 Å². The lowest BCUT2D eigenvalue weighted by Gasteiger charge is -2.17. The smallest absolute Gasteiger partial charge is 0.274 e. The predicted octanol–water partition coefficient (Wildman–Crippen LogP) is 2.03. The van der Waals surface area contributed by atoms with Crippen LogP contribution in [0.15, 0.2) is 27.9 Å². The highest BCUT2D eigenvalue weighted by Crippen LogP contribution is 2.36. The highest BCUT2D eigenvalue weighted by Gasteiger charge is 2.41. The van der Waals surface area contributed by atoms with E-state index in [1.165, 1.54) is 10.7 Å². The zero-order valence-corrected chi connectivity index (χ0v) is 18.0. The standard InChI is InChI=1S/C20H28N4O4S/c1-12(2)18-16-6-5-15(29(26,27)23-20(4)7-8-20)10-17(16)19(25)24(21-18)11-14-9-13(3)22-28-14/h5-6,10,12-14,22-23H,7-9,11H2,1-4H3. The molecule has 4 rings (SSSR count). The summed E-state index contributed by atoms with van der Waals surface area (Å²) in [6.07, 6.45) is 2.26. The van der Waals surface area contributed by atoms with Crippen molar-refractivity contribution in [1.29, 1.82) is 0 Å². The van der Waals surface area contributed by atoms with Crippen LogP contribution in [0.3, 0.4) is 0 Å². The molecule has 9 heteroatoms. The van der Waals surface area contributed by atoms with Crippen molar-refractivity contribution in [2.24, 2.45) is 0 Å². The first-order valence-electron chi connectivity index (χ1n) is 10.1. The molecule has 0 spiro atoms. The van der Waals surface area contributed by atoms with Crippen molar-refractivity contribution in [3.63, 3.8) is 0 Å². The number of benzene rings is 1. The summed E-state index contributed by atoms with van der Waals surface area (Å²) in [5.74, 6) is 0.0804. The van der Waals surface area contributed by atoms with Crippen LogP contribution >= 0.6 is 0 Å². The van der Waals surface area contributed by atoms with Crippen LogP contribution < -0.4 is 15.8 Å². The van der Waals surface area contributed by atoms with Gasteiger partial charge in [-0.15, -0.1) is 0 Å². The number of aromatic nitrogens is 2. The van der Waals surface area contributed by atoms with Crippen LogP contribution in [0.2, 0.25) is 0 Å². The molecular formula is C20H28N4O4S. The van der Waals surface area contributed by atoms with Crippen molar-refractivity contribution in [2.75, 3.05) is 0 Å². The van der Waals surface area contributed by atoms with Crippen molar-refractivity contribution in [3.05, 3.63) is 34.2 Å². The van der Waals surface area contributed by atoms with Gasteiger partial charge in [-0.2, -0.15) is 10.6 Å². The molecule has 1 saturated heterocycles. The maximum Gasteiger partial charge on any atom is 0.274 e. The number of nitrogens with zero attached hydrogens (tertiary/aromatic N) is 2. The van der Waals surface area contributed by atoms with Crippen LogP contribution in [0.25, 0.3) is 10.8 Å². The first kappa shape index (κ1) is 20.5. The van der Waals surface area contributed by atoms with Gasteiger partial charge in [0.1, 0.15) is 6.10 Å². The molecule has 0 bridgehead atoms. The summed E-state index contributed by atoms with van der Waals surface area (Å²) in [6, 6.07) is 4.95. The van der Waals surface area contributed by atoms with E-state index in [2.05, 4.69) is 15.3 Å². The van der Waals surface area contributed by atoms with E-state index in [1.807, 2.05) is 27.7 Å². The van der Waals surface area contributed by atoms with Crippen molar-refractivity contribution < 1.29 is 13.3 Å². The summed E-state index contributed by atoms with van der Waals surface area (Å²) in [4.78, 5) is 18.8.